The van der Waals surface area contributed by atoms with Gasteiger partial charge in [-0.25, -0.2) is 0 Å². The number of para-hydroxylation sites is 1. The Morgan fingerprint density at radius 3 is 2.14 bits per heavy atom. The molecule has 0 fully saturated rings. The van der Waals surface area contributed by atoms with Gasteiger partial charge in [-0.3, -0.25) is 0 Å². The number of hydrogen-bond acceptors (Lipinski definition) is 4. The zero-order chi connectivity index (χ0) is 19.8. The lowest BCUT2D eigenvalue weighted by Crippen LogP contribution is -2.33. The first-order valence-electron chi connectivity index (χ1n) is 9.25. The van der Waals surface area contributed by atoms with Crippen molar-refractivity contribution in [1.82, 2.24) is 4.57 Å². The smallest absolute Gasteiger partial charge is 0.423 e. The van der Waals surface area contributed by atoms with Crippen LogP contribution in [-0.4, -0.2) is 38.9 Å². The normalized spacial score (nSPS) is 14.4. The Kier molecular flexibility index (Phi) is 3.58. The first kappa shape index (κ1) is 17.5. The quantitative estimate of drug-likeness (QED) is 0.393. The number of aromatic nitrogens is 1. The van der Waals surface area contributed by atoms with Crippen LogP contribution < -0.4 is 10.9 Å². The number of hydrogen-bond donors (Lipinski definition) is 4. The molecule has 1 aromatic heterocycles. The molecule has 4 N–H and O–H groups in total. The first-order valence-corrected chi connectivity index (χ1v) is 9.25. The molecule has 0 saturated heterocycles. The first-order chi connectivity index (χ1) is 13.3. The minimum atomic E-state index is -1.58. The summed E-state index contributed by atoms with van der Waals surface area (Å²) in [5.74, 6) is 0. The summed E-state index contributed by atoms with van der Waals surface area (Å²) in [7, 11) is -3.15. The van der Waals surface area contributed by atoms with Crippen LogP contribution in [0.2, 0.25) is 0 Å². The molecule has 0 radical (unpaired) electrons. The van der Waals surface area contributed by atoms with E-state index in [1.807, 2.05) is 24.3 Å². The average Bonchev–Trinajstić information content (AvgIpc) is 3.00. The number of benzene rings is 3. The van der Waals surface area contributed by atoms with Crippen LogP contribution in [0.25, 0.3) is 27.5 Å². The van der Waals surface area contributed by atoms with E-state index in [0.717, 1.165) is 38.6 Å². The fraction of sp³-hybridized carbons (Fsp3) is 0.143. The zero-order valence-corrected chi connectivity index (χ0v) is 15.6. The molecule has 0 amide bonds. The third-order valence-corrected chi connectivity index (χ3v) is 6.00. The summed E-state index contributed by atoms with van der Waals surface area (Å²) in [5.41, 5.74) is 5.67. The van der Waals surface area contributed by atoms with Gasteiger partial charge in [0.15, 0.2) is 0 Å². The summed E-state index contributed by atoms with van der Waals surface area (Å²) in [6.07, 6.45) is 0. The molecule has 3 aromatic carbocycles. The van der Waals surface area contributed by atoms with Crippen LogP contribution in [0.1, 0.15) is 25.0 Å². The van der Waals surface area contributed by atoms with E-state index in [1.165, 1.54) is 0 Å². The van der Waals surface area contributed by atoms with Crippen molar-refractivity contribution >= 4 is 47.0 Å². The van der Waals surface area contributed by atoms with Gasteiger partial charge in [0, 0.05) is 16.2 Å². The van der Waals surface area contributed by atoms with E-state index in [-0.39, 0.29) is 5.41 Å². The molecule has 2 heterocycles. The Morgan fingerprint density at radius 1 is 0.750 bits per heavy atom. The van der Waals surface area contributed by atoms with E-state index in [4.69, 9.17) is 0 Å². The van der Waals surface area contributed by atoms with Crippen LogP contribution in [0.5, 0.6) is 0 Å². The van der Waals surface area contributed by atoms with Gasteiger partial charge in [-0.2, -0.15) is 0 Å². The van der Waals surface area contributed by atoms with Gasteiger partial charge in [0.05, 0.1) is 16.7 Å². The lowest BCUT2D eigenvalue weighted by molar-refractivity contribution is 0.424. The van der Waals surface area contributed by atoms with Crippen LogP contribution in [0.15, 0.2) is 54.6 Å². The van der Waals surface area contributed by atoms with E-state index in [9.17, 15) is 20.1 Å². The van der Waals surface area contributed by atoms with Gasteiger partial charge in [0.2, 0.25) is 0 Å². The molecule has 7 heteroatoms. The molecule has 1 aliphatic rings. The van der Waals surface area contributed by atoms with Crippen LogP contribution in [0.4, 0.5) is 0 Å². The van der Waals surface area contributed by atoms with Gasteiger partial charge in [-0.1, -0.05) is 56.3 Å². The fourth-order valence-corrected chi connectivity index (χ4v) is 4.57. The predicted octanol–water partition coefficient (Wildman–Crippen LogP) is 0.783. The van der Waals surface area contributed by atoms with Crippen LogP contribution in [-0.2, 0) is 5.41 Å². The Labute approximate surface area is 162 Å². The molecule has 5 rings (SSSR count). The molecule has 28 heavy (non-hydrogen) atoms. The highest BCUT2D eigenvalue weighted by molar-refractivity contribution is 6.60. The van der Waals surface area contributed by atoms with E-state index >= 15 is 0 Å². The second-order valence-corrected chi connectivity index (χ2v) is 7.97. The highest BCUT2D eigenvalue weighted by Crippen LogP contribution is 2.46. The molecular weight excluding hydrogens is 352 g/mol. The van der Waals surface area contributed by atoms with Crippen molar-refractivity contribution in [3.8, 4) is 5.69 Å². The lowest BCUT2D eigenvalue weighted by atomic mass is 9.70. The summed E-state index contributed by atoms with van der Waals surface area (Å²) >= 11 is 0. The van der Waals surface area contributed by atoms with E-state index in [1.54, 1.807) is 18.2 Å². The minimum absolute atomic E-state index is 0.330. The van der Waals surface area contributed by atoms with Gasteiger partial charge in [-0.05, 0) is 34.2 Å². The van der Waals surface area contributed by atoms with Crippen molar-refractivity contribution in [2.24, 2.45) is 0 Å². The van der Waals surface area contributed by atoms with Gasteiger partial charge in [0.25, 0.3) is 0 Å². The predicted molar refractivity (Wildman–Crippen MR) is 113 cm³/mol. The standard InChI is InChI=1S/C21H19B2NO4/c1-21(2)16-5-3-4-6-19(16)24-18-8-7-12(22(25)26)9-14(18)15-10-13(23(27)28)11-17(21)20(15)24/h3-11,25-28H,1-2H3. The van der Waals surface area contributed by atoms with E-state index in [2.05, 4.69) is 30.5 Å². The van der Waals surface area contributed by atoms with Crippen LogP contribution >= 0.6 is 0 Å². The molecule has 0 aliphatic carbocycles. The molecule has 4 aromatic rings. The molecular formula is C21H19B2NO4. The third-order valence-electron chi connectivity index (χ3n) is 6.00. The van der Waals surface area contributed by atoms with E-state index < -0.39 is 14.2 Å². The number of nitrogens with zero attached hydrogens (tertiary/aromatic N) is 1. The number of rotatable bonds is 2. The highest BCUT2D eigenvalue weighted by Gasteiger charge is 2.36. The second-order valence-electron chi connectivity index (χ2n) is 7.97. The average molecular weight is 371 g/mol. The van der Waals surface area contributed by atoms with Crippen molar-refractivity contribution in [3.05, 3.63) is 65.7 Å². The van der Waals surface area contributed by atoms with Gasteiger partial charge in [-0.15, -0.1) is 0 Å². The summed E-state index contributed by atoms with van der Waals surface area (Å²) in [4.78, 5) is 0. The molecule has 0 unspecified atom stereocenters. The van der Waals surface area contributed by atoms with Crippen molar-refractivity contribution in [2.45, 2.75) is 19.3 Å². The monoisotopic (exact) mass is 371 g/mol. The highest BCUT2D eigenvalue weighted by atomic mass is 16.4. The molecule has 0 bridgehead atoms. The SMILES string of the molecule is CC1(C)c2ccccc2-n2c3ccc(B(O)O)cc3c3cc(B(O)O)cc1c32. The van der Waals surface area contributed by atoms with Crippen molar-refractivity contribution < 1.29 is 20.1 Å². The fourth-order valence-electron chi connectivity index (χ4n) is 4.57. The molecule has 0 atom stereocenters. The maximum atomic E-state index is 9.88. The van der Waals surface area contributed by atoms with Crippen molar-refractivity contribution in [2.75, 3.05) is 0 Å². The zero-order valence-electron chi connectivity index (χ0n) is 15.6. The minimum Gasteiger partial charge on any atom is -0.423 e. The molecule has 0 spiro atoms. The third kappa shape index (κ3) is 2.19. The Bertz CT molecular complexity index is 1260. The van der Waals surface area contributed by atoms with Gasteiger partial charge >= 0.3 is 14.2 Å². The Morgan fingerprint density at radius 2 is 1.43 bits per heavy atom. The molecule has 138 valence electrons. The molecule has 5 nitrogen and oxygen atoms in total. The Balaban J connectivity index is 2.04. The second kappa shape index (κ2) is 5.72. The van der Waals surface area contributed by atoms with Gasteiger partial charge in [0.1, 0.15) is 0 Å². The topological polar surface area (TPSA) is 85.9 Å². The maximum Gasteiger partial charge on any atom is 0.488 e. The summed E-state index contributed by atoms with van der Waals surface area (Å²) in [6.45, 7) is 4.27. The summed E-state index contributed by atoms with van der Waals surface area (Å²) in [6, 6.07) is 17.2. The summed E-state index contributed by atoms with van der Waals surface area (Å²) in [5, 5.41) is 40.7. The maximum absolute atomic E-state index is 9.88. The summed E-state index contributed by atoms with van der Waals surface area (Å²) < 4.78 is 2.18. The van der Waals surface area contributed by atoms with Crippen molar-refractivity contribution in [3.63, 3.8) is 0 Å². The van der Waals surface area contributed by atoms with E-state index in [0.29, 0.717) is 10.9 Å². The lowest BCUT2D eigenvalue weighted by Gasteiger charge is -2.35. The van der Waals surface area contributed by atoms with Crippen molar-refractivity contribution in [1.29, 1.82) is 0 Å². The largest absolute Gasteiger partial charge is 0.488 e. The molecule has 0 saturated carbocycles. The number of fused-ring (bicyclic) bond motifs is 5. The Hall–Kier alpha value is -2.57. The van der Waals surface area contributed by atoms with Crippen LogP contribution in [0.3, 0.4) is 0 Å². The molecule has 1 aliphatic heterocycles. The van der Waals surface area contributed by atoms with Gasteiger partial charge < -0.3 is 24.7 Å². The van der Waals surface area contributed by atoms with Crippen LogP contribution in [0, 0.1) is 0 Å².